The molecule has 156 valence electrons. The lowest BCUT2D eigenvalue weighted by Crippen LogP contribution is -2.35. The van der Waals surface area contributed by atoms with Crippen molar-refractivity contribution >= 4 is 46.8 Å². The fourth-order valence-corrected chi connectivity index (χ4v) is 3.45. The maximum atomic E-state index is 12.3. The minimum atomic E-state index is -0.387. The quantitative estimate of drug-likeness (QED) is 0.480. The van der Waals surface area contributed by atoms with E-state index in [0.29, 0.717) is 22.6 Å². The van der Waals surface area contributed by atoms with Crippen molar-refractivity contribution in [3.05, 3.63) is 69.2 Å². The number of carbonyl (C=O) groups excluding carboxylic acids is 4. The Morgan fingerprint density at radius 2 is 1.53 bits per heavy atom. The molecule has 0 atom stereocenters. The first-order valence-corrected chi connectivity index (χ1v) is 10.1. The number of halogens is 2. The van der Waals surface area contributed by atoms with Crippen molar-refractivity contribution in [2.45, 2.75) is 12.8 Å². The van der Waals surface area contributed by atoms with Crippen LogP contribution in [0.25, 0.3) is 0 Å². The van der Waals surface area contributed by atoms with Crippen LogP contribution in [0.1, 0.15) is 43.9 Å². The van der Waals surface area contributed by atoms with Gasteiger partial charge < -0.3 is 10.6 Å². The zero-order valence-electron chi connectivity index (χ0n) is 15.9. The molecule has 0 aliphatic carbocycles. The van der Waals surface area contributed by atoms with Crippen molar-refractivity contribution in [3.63, 3.8) is 0 Å². The number of benzene rings is 2. The van der Waals surface area contributed by atoms with E-state index in [-0.39, 0.29) is 60.3 Å². The van der Waals surface area contributed by atoms with Crippen molar-refractivity contribution in [3.8, 4) is 0 Å². The van der Waals surface area contributed by atoms with Crippen molar-refractivity contribution in [2.24, 2.45) is 0 Å². The van der Waals surface area contributed by atoms with E-state index >= 15 is 0 Å². The molecule has 4 amide bonds. The van der Waals surface area contributed by atoms with Gasteiger partial charge in [0.05, 0.1) is 21.7 Å². The largest absolute Gasteiger partial charge is 0.354 e. The van der Waals surface area contributed by atoms with Gasteiger partial charge in [0.15, 0.2) is 0 Å². The Morgan fingerprint density at radius 1 is 0.900 bits per heavy atom. The standard InChI is InChI=1S/C21H19Cl2N3O4/c22-13-7-8-17(23)16(12-13)19(28)25-10-9-24-18(27)6-3-11-26-20(29)14-4-1-2-5-15(14)21(26)30/h1-2,4-5,7-8,12H,3,6,9-11H2,(H,24,27)(H,25,28). The van der Waals surface area contributed by atoms with Crippen LogP contribution < -0.4 is 10.6 Å². The van der Waals surface area contributed by atoms with Gasteiger partial charge >= 0.3 is 0 Å². The lowest BCUT2D eigenvalue weighted by atomic mass is 10.1. The highest BCUT2D eigenvalue weighted by molar-refractivity contribution is 6.35. The normalized spacial score (nSPS) is 12.7. The van der Waals surface area contributed by atoms with Gasteiger partial charge in [-0.2, -0.15) is 0 Å². The highest BCUT2D eigenvalue weighted by Gasteiger charge is 2.34. The Balaban J connectivity index is 1.36. The number of amides is 4. The number of hydrogen-bond acceptors (Lipinski definition) is 4. The first kappa shape index (κ1) is 21.8. The lowest BCUT2D eigenvalue weighted by molar-refractivity contribution is -0.121. The molecule has 1 heterocycles. The number of fused-ring (bicyclic) bond motifs is 1. The third-order valence-corrected chi connectivity index (χ3v) is 5.13. The second kappa shape index (κ2) is 9.73. The first-order valence-electron chi connectivity index (χ1n) is 9.33. The summed E-state index contributed by atoms with van der Waals surface area (Å²) in [5, 5.41) is 6.02. The van der Waals surface area contributed by atoms with Gasteiger partial charge in [-0.05, 0) is 36.8 Å². The molecule has 0 fully saturated rings. The second-order valence-electron chi connectivity index (χ2n) is 6.64. The average molecular weight is 448 g/mol. The highest BCUT2D eigenvalue weighted by Crippen LogP contribution is 2.22. The number of carbonyl (C=O) groups is 4. The molecule has 0 radical (unpaired) electrons. The Kier molecular flexibility index (Phi) is 7.07. The Morgan fingerprint density at radius 3 is 2.20 bits per heavy atom. The van der Waals surface area contributed by atoms with Crippen molar-refractivity contribution < 1.29 is 19.2 Å². The zero-order valence-corrected chi connectivity index (χ0v) is 17.4. The maximum Gasteiger partial charge on any atom is 0.261 e. The monoisotopic (exact) mass is 447 g/mol. The van der Waals surface area contributed by atoms with Gasteiger partial charge in [0, 0.05) is 31.1 Å². The van der Waals surface area contributed by atoms with Crippen LogP contribution in [0.3, 0.4) is 0 Å². The zero-order chi connectivity index (χ0) is 21.7. The summed E-state index contributed by atoms with van der Waals surface area (Å²) < 4.78 is 0. The molecule has 0 spiro atoms. The van der Waals surface area contributed by atoms with E-state index in [1.165, 1.54) is 12.1 Å². The second-order valence-corrected chi connectivity index (χ2v) is 7.48. The smallest absolute Gasteiger partial charge is 0.261 e. The van der Waals surface area contributed by atoms with Gasteiger partial charge in [-0.25, -0.2) is 0 Å². The van der Waals surface area contributed by atoms with Crippen LogP contribution in [0.2, 0.25) is 10.0 Å². The van der Waals surface area contributed by atoms with E-state index in [1.807, 2.05) is 0 Å². The van der Waals surface area contributed by atoms with Crippen LogP contribution in [-0.2, 0) is 4.79 Å². The fourth-order valence-electron chi connectivity index (χ4n) is 3.07. The van der Waals surface area contributed by atoms with Crippen LogP contribution in [-0.4, -0.2) is 48.2 Å². The van der Waals surface area contributed by atoms with Crippen LogP contribution in [0.15, 0.2) is 42.5 Å². The number of nitrogens with zero attached hydrogens (tertiary/aromatic N) is 1. The highest BCUT2D eigenvalue weighted by atomic mass is 35.5. The Labute approximate surface area is 183 Å². The van der Waals surface area contributed by atoms with Crippen molar-refractivity contribution in [1.82, 2.24) is 15.5 Å². The molecule has 7 nitrogen and oxygen atoms in total. The van der Waals surface area contributed by atoms with E-state index in [1.54, 1.807) is 30.3 Å². The fraction of sp³-hybridized carbons (Fsp3) is 0.238. The van der Waals surface area contributed by atoms with Crippen molar-refractivity contribution in [2.75, 3.05) is 19.6 Å². The van der Waals surface area contributed by atoms with Crippen LogP contribution >= 0.6 is 23.2 Å². The van der Waals surface area contributed by atoms with Gasteiger partial charge in [0.25, 0.3) is 17.7 Å². The summed E-state index contributed by atoms with van der Waals surface area (Å²) >= 11 is 11.8. The molecule has 2 aromatic carbocycles. The third-order valence-electron chi connectivity index (χ3n) is 4.57. The minimum Gasteiger partial charge on any atom is -0.354 e. The van der Waals surface area contributed by atoms with Gasteiger partial charge in [-0.15, -0.1) is 0 Å². The van der Waals surface area contributed by atoms with E-state index in [0.717, 1.165) is 4.90 Å². The molecule has 0 aromatic heterocycles. The van der Waals surface area contributed by atoms with Crippen LogP contribution in [0.5, 0.6) is 0 Å². The molecule has 30 heavy (non-hydrogen) atoms. The maximum absolute atomic E-state index is 12.3. The summed E-state index contributed by atoms with van der Waals surface area (Å²) in [7, 11) is 0. The summed E-state index contributed by atoms with van der Waals surface area (Å²) in [5.74, 6) is -1.29. The van der Waals surface area contributed by atoms with Crippen molar-refractivity contribution in [1.29, 1.82) is 0 Å². The SMILES string of the molecule is O=C(CCCN1C(=O)c2ccccc2C1=O)NCCNC(=O)c1cc(Cl)ccc1Cl. The van der Waals surface area contributed by atoms with Crippen LogP contribution in [0.4, 0.5) is 0 Å². The van der Waals surface area contributed by atoms with Gasteiger partial charge in [0.1, 0.15) is 0 Å². The number of nitrogens with one attached hydrogen (secondary N) is 2. The molecular formula is C21H19Cl2N3O4. The van der Waals surface area contributed by atoms with Gasteiger partial charge in [-0.1, -0.05) is 35.3 Å². The third kappa shape index (κ3) is 4.98. The number of imide groups is 1. The molecule has 3 rings (SSSR count). The molecule has 0 bridgehead atoms. The molecule has 1 aliphatic heterocycles. The topological polar surface area (TPSA) is 95.6 Å². The van der Waals surface area contributed by atoms with Gasteiger partial charge in [0.2, 0.25) is 5.91 Å². The molecule has 0 unspecified atom stereocenters. The molecular weight excluding hydrogens is 429 g/mol. The predicted molar refractivity (Wildman–Crippen MR) is 113 cm³/mol. The van der Waals surface area contributed by atoms with Gasteiger partial charge in [-0.3, -0.25) is 24.1 Å². The predicted octanol–water partition coefficient (Wildman–Crippen LogP) is 2.92. The Hall–Kier alpha value is -2.90. The summed E-state index contributed by atoms with van der Waals surface area (Å²) in [6.45, 7) is 0.616. The van der Waals surface area contributed by atoms with E-state index in [9.17, 15) is 19.2 Å². The average Bonchev–Trinajstić information content (AvgIpc) is 2.98. The molecule has 2 aromatic rings. The summed E-state index contributed by atoms with van der Waals surface area (Å²) in [6.07, 6.45) is 0.503. The summed E-state index contributed by atoms with van der Waals surface area (Å²) in [5.41, 5.74) is 1.04. The molecule has 2 N–H and O–H groups in total. The summed E-state index contributed by atoms with van der Waals surface area (Å²) in [6, 6.07) is 11.2. The summed E-state index contributed by atoms with van der Waals surface area (Å²) in [4.78, 5) is 49.8. The van der Waals surface area contributed by atoms with Crippen LogP contribution in [0, 0.1) is 0 Å². The number of rotatable bonds is 8. The van der Waals surface area contributed by atoms with E-state index in [4.69, 9.17) is 23.2 Å². The molecule has 0 saturated carbocycles. The molecule has 1 aliphatic rings. The minimum absolute atomic E-state index is 0.154. The molecule has 9 heteroatoms. The first-order chi connectivity index (χ1) is 14.4. The van der Waals surface area contributed by atoms with E-state index < -0.39 is 0 Å². The van der Waals surface area contributed by atoms with E-state index in [2.05, 4.69) is 10.6 Å². The number of hydrogen-bond donors (Lipinski definition) is 2. The molecule has 0 saturated heterocycles. The lowest BCUT2D eigenvalue weighted by Gasteiger charge is -2.13. The Bertz CT molecular complexity index is 974.